The lowest BCUT2D eigenvalue weighted by Gasteiger charge is -2.24. The maximum atomic E-state index is 12.5. The fourth-order valence-electron chi connectivity index (χ4n) is 3.53. The number of rotatable bonds is 7. The largest absolute Gasteiger partial charge is 0.396 e. The van der Waals surface area contributed by atoms with Crippen molar-refractivity contribution in [2.75, 3.05) is 18.5 Å². The van der Waals surface area contributed by atoms with Crippen LogP contribution >= 0.6 is 0 Å². The van der Waals surface area contributed by atoms with E-state index in [9.17, 15) is 4.79 Å². The molecule has 0 spiro atoms. The summed E-state index contributed by atoms with van der Waals surface area (Å²) in [5.74, 6) is -0.0775. The van der Waals surface area contributed by atoms with Gasteiger partial charge in [0.2, 0.25) is 0 Å². The molecule has 1 fully saturated rings. The molecule has 132 valence electrons. The normalized spacial score (nSPS) is 17.6. The molecule has 1 aliphatic rings. The van der Waals surface area contributed by atoms with Crippen LogP contribution in [0.5, 0.6) is 0 Å². The van der Waals surface area contributed by atoms with Crippen molar-refractivity contribution < 1.29 is 9.90 Å². The van der Waals surface area contributed by atoms with Gasteiger partial charge >= 0.3 is 0 Å². The van der Waals surface area contributed by atoms with Crippen LogP contribution in [0, 0.1) is 0 Å². The van der Waals surface area contributed by atoms with Gasteiger partial charge in [0.25, 0.3) is 5.91 Å². The number of aliphatic hydroxyl groups excluding tert-OH is 1. The predicted octanol–water partition coefficient (Wildman–Crippen LogP) is 3.68. The van der Waals surface area contributed by atoms with Gasteiger partial charge in [-0.2, -0.15) is 0 Å². The number of aliphatic hydroxyl groups is 1. The first-order valence-corrected chi connectivity index (χ1v) is 9.06. The van der Waals surface area contributed by atoms with Crippen molar-refractivity contribution in [3.63, 3.8) is 0 Å². The Morgan fingerprint density at radius 2 is 2.00 bits per heavy atom. The molecule has 2 N–H and O–H groups in total. The number of likely N-dealkylation sites (tertiary alicyclic amines) is 1. The lowest BCUT2D eigenvalue weighted by Crippen LogP contribution is -2.29. The third-order valence-corrected chi connectivity index (χ3v) is 4.80. The summed E-state index contributed by atoms with van der Waals surface area (Å²) in [6.45, 7) is 2.22. The summed E-state index contributed by atoms with van der Waals surface area (Å²) in [5, 5.41) is 12.0. The minimum Gasteiger partial charge on any atom is -0.396 e. The number of nitrogens with zero attached hydrogens (tertiary/aromatic N) is 1. The van der Waals surface area contributed by atoms with Crippen LogP contribution in [-0.2, 0) is 6.54 Å². The number of nitrogens with one attached hydrogen (secondary N) is 1. The van der Waals surface area contributed by atoms with E-state index >= 15 is 0 Å². The number of benzene rings is 2. The van der Waals surface area contributed by atoms with Gasteiger partial charge in [-0.1, -0.05) is 30.3 Å². The van der Waals surface area contributed by atoms with Gasteiger partial charge in [0.1, 0.15) is 0 Å². The second-order valence-corrected chi connectivity index (χ2v) is 6.65. The Balaban J connectivity index is 1.64. The van der Waals surface area contributed by atoms with Crippen LogP contribution in [0.3, 0.4) is 0 Å². The first-order chi connectivity index (χ1) is 12.3. The fourth-order valence-corrected chi connectivity index (χ4v) is 3.53. The van der Waals surface area contributed by atoms with Crippen LogP contribution in [-0.4, -0.2) is 35.1 Å². The Morgan fingerprint density at radius 1 is 1.16 bits per heavy atom. The first kappa shape index (κ1) is 17.6. The molecule has 0 aliphatic carbocycles. The van der Waals surface area contributed by atoms with Crippen molar-refractivity contribution in [3.05, 3.63) is 65.7 Å². The molecule has 1 saturated heterocycles. The zero-order valence-corrected chi connectivity index (χ0v) is 14.5. The van der Waals surface area contributed by atoms with Gasteiger partial charge in [0, 0.05) is 30.4 Å². The summed E-state index contributed by atoms with van der Waals surface area (Å²) in [4.78, 5) is 14.9. The van der Waals surface area contributed by atoms with Crippen LogP contribution < -0.4 is 5.32 Å². The van der Waals surface area contributed by atoms with Crippen molar-refractivity contribution in [2.24, 2.45) is 0 Å². The minimum absolute atomic E-state index is 0.0775. The highest BCUT2D eigenvalue weighted by atomic mass is 16.2. The topological polar surface area (TPSA) is 52.6 Å². The van der Waals surface area contributed by atoms with Gasteiger partial charge < -0.3 is 10.4 Å². The molecule has 2 aromatic carbocycles. The predicted molar refractivity (Wildman–Crippen MR) is 101 cm³/mol. The summed E-state index contributed by atoms with van der Waals surface area (Å²) in [7, 11) is 0. The Kier molecular flexibility index (Phi) is 6.20. The van der Waals surface area contributed by atoms with Gasteiger partial charge in [-0.25, -0.2) is 0 Å². The average molecular weight is 338 g/mol. The zero-order valence-electron chi connectivity index (χ0n) is 14.5. The van der Waals surface area contributed by atoms with E-state index in [0.717, 1.165) is 37.2 Å². The smallest absolute Gasteiger partial charge is 0.255 e. The maximum absolute atomic E-state index is 12.5. The highest BCUT2D eigenvalue weighted by Crippen LogP contribution is 2.24. The van der Waals surface area contributed by atoms with E-state index in [-0.39, 0.29) is 12.5 Å². The van der Waals surface area contributed by atoms with E-state index in [0.29, 0.717) is 11.6 Å². The van der Waals surface area contributed by atoms with Crippen molar-refractivity contribution in [2.45, 2.75) is 38.3 Å². The highest BCUT2D eigenvalue weighted by molar-refractivity contribution is 6.04. The molecule has 1 amide bonds. The molecule has 1 heterocycles. The summed E-state index contributed by atoms with van der Waals surface area (Å²) < 4.78 is 0. The van der Waals surface area contributed by atoms with E-state index in [2.05, 4.69) is 16.3 Å². The van der Waals surface area contributed by atoms with Crippen molar-refractivity contribution >= 4 is 11.6 Å². The van der Waals surface area contributed by atoms with Crippen molar-refractivity contribution in [3.8, 4) is 0 Å². The standard InChI is InChI=1S/C21H26N2O2/c24-14-6-12-20-11-5-13-23(20)16-17-7-4-8-18(15-17)21(25)22-19-9-2-1-3-10-19/h1-4,7-10,15,20,24H,5-6,11-14,16H2,(H,22,25). The molecule has 4 heteroatoms. The van der Waals surface area contributed by atoms with Gasteiger partial charge in [0.15, 0.2) is 0 Å². The summed E-state index contributed by atoms with van der Waals surface area (Å²) >= 11 is 0. The van der Waals surface area contributed by atoms with Crippen molar-refractivity contribution in [1.29, 1.82) is 0 Å². The molecule has 3 rings (SSSR count). The molecule has 1 atom stereocenters. The van der Waals surface area contributed by atoms with Crippen LogP contribution in [0.2, 0.25) is 0 Å². The van der Waals surface area contributed by atoms with Gasteiger partial charge in [0.05, 0.1) is 0 Å². The quantitative estimate of drug-likeness (QED) is 0.810. The molecular weight excluding hydrogens is 312 g/mol. The third kappa shape index (κ3) is 4.91. The minimum atomic E-state index is -0.0775. The first-order valence-electron chi connectivity index (χ1n) is 9.06. The zero-order chi connectivity index (χ0) is 17.5. The molecular formula is C21H26N2O2. The van der Waals surface area contributed by atoms with Gasteiger partial charge in [-0.05, 0) is 62.1 Å². The van der Waals surface area contributed by atoms with Crippen molar-refractivity contribution in [1.82, 2.24) is 4.90 Å². The lowest BCUT2D eigenvalue weighted by molar-refractivity contribution is 0.102. The highest BCUT2D eigenvalue weighted by Gasteiger charge is 2.24. The number of hydrogen-bond donors (Lipinski definition) is 2. The van der Waals surface area contributed by atoms with E-state index in [1.807, 2.05) is 48.5 Å². The van der Waals surface area contributed by atoms with E-state index in [4.69, 9.17) is 5.11 Å². The fraction of sp³-hybridized carbons (Fsp3) is 0.381. The molecule has 0 saturated carbocycles. The second-order valence-electron chi connectivity index (χ2n) is 6.65. The SMILES string of the molecule is O=C(Nc1ccccc1)c1cccc(CN2CCCC2CCCO)c1. The number of hydrogen-bond acceptors (Lipinski definition) is 3. The molecule has 4 nitrogen and oxygen atoms in total. The molecule has 0 aromatic heterocycles. The number of carbonyl (C=O) groups excluding carboxylic acids is 1. The van der Waals surface area contributed by atoms with Gasteiger partial charge in [-0.15, -0.1) is 0 Å². The monoisotopic (exact) mass is 338 g/mol. The summed E-state index contributed by atoms with van der Waals surface area (Å²) in [6.07, 6.45) is 4.32. The third-order valence-electron chi connectivity index (χ3n) is 4.80. The Labute approximate surface area is 149 Å². The van der Waals surface area contributed by atoms with E-state index in [1.54, 1.807) is 0 Å². The number of amides is 1. The Hall–Kier alpha value is -2.17. The molecule has 25 heavy (non-hydrogen) atoms. The number of anilines is 1. The molecule has 1 aliphatic heterocycles. The molecule has 0 bridgehead atoms. The average Bonchev–Trinajstić information content (AvgIpc) is 3.08. The van der Waals surface area contributed by atoms with Crippen LogP contribution in [0.25, 0.3) is 0 Å². The Bertz CT molecular complexity index is 687. The second kappa shape index (κ2) is 8.79. The lowest BCUT2D eigenvalue weighted by atomic mass is 10.1. The summed E-state index contributed by atoms with van der Waals surface area (Å²) in [6, 6.07) is 17.9. The molecule has 2 aromatic rings. The number of carbonyl (C=O) groups is 1. The molecule has 1 unspecified atom stereocenters. The van der Waals surface area contributed by atoms with E-state index in [1.165, 1.54) is 12.8 Å². The van der Waals surface area contributed by atoms with Gasteiger partial charge in [-0.3, -0.25) is 9.69 Å². The van der Waals surface area contributed by atoms with E-state index < -0.39 is 0 Å². The Morgan fingerprint density at radius 3 is 2.80 bits per heavy atom. The number of para-hydroxylation sites is 1. The van der Waals surface area contributed by atoms with Crippen LogP contribution in [0.15, 0.2) is 54.6 Å². The van der Waals surface area contributed by atoms with Crippen LogP contribution in [0.4, 0.5) is 5.69 Å². The maximum Gasteiger partial charge on any atom is 0.255 e. The summed E-state index contributed by atoms with van der Waals surface area (Å²) in [5.41, 5.74) is 2.66. The van der Waals surface area contributed by atoms with Crippen LogP contribution in [0.1, 0.15) is 41.6 Å². The molecule has 0 radical (unpaired) electrons.